The molecular weight excluding hydrogens is 158 g/mol. The van der Waals surface area contributed by atoms with E-state index in [4.69, 9.17) is 5.26 Å². The number of aryl methyl sites for hydroxylation is 1. The van der Waals surface area contributed by atoms with Gasteiger partial charge in [-0.3, -0.25) is 0 Å². The van der Waals surface area contributed by atoms with Crippen molar-refractivity contribution in [1.82, 2.24) is 0 Å². The molecule has 0 atom stereocenters. The average Bonchev–Trinajstić information content (AvgIpc) is 2.01. The third-order valence-electron chi connectivity index (χ3n) is 2.10. The van der Waals surface area contributed by atoms with Crippen molar-refractivity contribution in [3.8, 4) is 6.07 Å². The predicted octanol–water partition coefficient (Wildman–Crippen LogP) is 3.16. The van der Waals surface area contributed by atoms with E-state index in [1.54, 1.807) is 0 Å². The second-order valence-corrected chi connectivity index (χ2v) is 4.41. The lowest BCUT2D eigenvalue weighted by atomic mass is 9.83. The fourth-order valence-electron chi connectivity index (χ4n) is 1.40. The molecule has 0 saturated heterocycles. The fraction of sp³-hybridized carbons (Fsp3) is 0.417. The molecule has 68 valence electrons. The van der Waals surface area contributed by atoms with E-state index >= 15 is 0 Å². The molecule has 0 aromatic heterocycles. The monoisotopic (exact) mass is 173 g/mol. The van der Waals surface area contributed by atoms with Crippen LogP contribution in [0, 0.1) is 18.3 Å². The Labute approximate surface area is 80.0 Å². The fourth-order valence-corrected chi connectivity index (χ4v) is 1.40. The summed E-state index contributed by atoms with van der Waals surface area (Å²) < 4.78 is 0. The van der Waals surface area contributed by atoms with Gasteiger partial charge in [0, 0.05) is 0 Å². The largest absolute Gasteiger partial charge is 0.192 e. The Kier molecular flexibility index (Phi) is 2.43. The lowest BCUT2D eigenvalue weighted by molar-refractivity contribution is 0.588. The second-order valence-electron chi connectivity index (χ2n) is 4.41. The molecule has 0 radical (unpaired) electrons. The van der Waals surface area contributed by atoms with Crippen molar-refractivity contribution < 1.29 is 0 Å². The first-order valence-electron chi connectivity index (χ1n) is 4.46. The summed E-state index contributed by atoms with van der Waals surface area (Å²) in [7, 11) is 0. The van der Waals surface area contributed by atoms with Crippen LogP contribution < -0.4 is 0 Å². The minimum absolute atomic E-state index is 0.0543. The van der Waals surface area contributed by atoms with Gasteiger partial charge in [-0.15, -0.1) is 0 Å². The van der Waals surface area contributed by atoms with Crippen LogP contribution in [-0.2, 0) is 5.41 Å². The van der Waals surface area contributed by atoms with Gasteiger partial charge in [0.15, 0.2) is 0 Å². The van der Waals surface area contributed by atoms with Crippen molar-refractivity contribution in [2.24, 2.45) is 0 Å². The molecule has 0 aliphatic carbocycles. The zero-order chi connectivity index (χ0) is 10.1. The van der Waals surface area contributed by atoms with Crippen LogP contribution in [0.25, 0.3) is 0 Å². The minimum atomic E-state index is 0.0543. The van der Waals surface area contributed by atoms with Gasteiger partial charge in [0.25, 0.3) is 0 Å². The molecule has 1 aromatic carbocycles. The summed E-state index contributed by atoms with van der Waals surface area (Å²) in [5.41, 5.74) is 3.12. The van der Waals surface area contributed by atoms with E-state index in [1.807, 2.05) is 19.1 Å². The number of nitrogens with zero attached hydrogens (tertiary/aromatic N) is 1. The van der Waals surface area contributed by atoms with Crippen LogP contribution in [0.1, 0.15) is 37.5 Å². The maximum Gasteiger partial charge on any atom is 0.0994 e. The Bertz CT molecular complexity index is 350. The van der Waals surface area contributed by atoms with E-state index in [-0.39, 0.29) is 5.41 Å². The van der Waals surface area contributed by atoms with Crippen molar-refractivity contribution in [1.29, 1.82) is 5.26 Å². The molecule has 0 N–H and O–H groups in total. The van der Waals surface area contributed by atoms with Crippen LogP contribution in [0.4, 0.5) is 0 Å². The molecule has 0 bridgehead atoms. The highest BCUT2D eigenvalue weighted by Gasteiger charge is 2.17. The third-order valence-corrected chi connectivity index (χ3v) is 2.10. The Morgan fingerprint density at radius 1 is 1.23 bits per heavy atom. The molecule has 1 rings (SSSR count). The van der Waals surface area contributed by atoms with Crippen molar-refractivity contribution in [2.45, 2.75) is 33.1 Å². The van der Waals surface area contributed by atoms with Crippen LogP contribution in [0.3, 0.4) is 0 Å². The van der Waals surface area contributed by atoms with Gasteiger partial charge in [-0.25, -0.2) is 0 Å². The number of rotatable bonds is 0. The molecule has 1 aromatic rings. The molecular formula is C12H15N. The first-order valence-corrected chi connectivity index (χ1v) is 4.46. The molecule has 1 heteroatoms. The summed E-state index contributed by atoms with van der Waals surface area (Å²) in [6, 6.07) is 8.29. The van der Waals surface area contributed by atoms with Crippen molar-refractivity contribution >= 4 is 0 Å². The van der Waals surface area contributed by atoms with Gasteiger partial charge in [0.05, 0.1) is 11.6 Å². The highest BCUT2D eigenvalue weighted by molar-refractivity contribution is 5.43. The van der Waals surface area contributed by atoms with E-state index in [0.717, 1.165) is 16.7 Å². The smallest absolute Gasteiger partial charge is 0.0994 e. The first-order chi connectivity index (χ1) is 5.95. The van der Waals surface area contributed by atoms with Crippen LogP contribution in [0.2, 0.25) is 0 Å². The number of hydrogen-bond donors (Lipinski definition) is 0. The van der Waals surface area contributed by atoms with E-state index < -0.39 is 0 Å². The number of nitriles is 1. The van der Waals surface area contributed by atoms with Crippen LogP contribution in [-0.4, -0.2) is 0 Å². The molecule has 0 aliphatic rings. The van der Waals surface area contributed by atoms with Gasteiger partial charge in [-0.2, -0.15) is 5.26 Å². The number of hydrogen-bond acceptors (Lipinski definition) is 1. The quantitative estimate of drug-likeness (QED) is 0.591. The molecule has 0 amide bonds. The molecule has 0 aliphatic heterocycles. The maximum atomic E-state index is 8.96. The summed E-state index contributed by atoms with van der Waals surface area (Å²) in [5, 5.41) is 8.96. The van der Waals surface area contributed by atoms with E-state index in [0.29, 0.717) is 0 Å². The van der Waals surface area contributed by atoms with Crippen LogP contribution >= 0.6 is 0 Å². The van der Waals surface area contributed by atoms with E-state index in [9.17, 15) is 0 Å². The Hall–Kier alpha value is -1.29. The third kappa shape index (κ3) is 2.09. The lowest BCUT2D eigenvalue weighted by Gasteiger charge is -2.20. The predicted molar refractivity (Wildman–Crippen MR) is 54.6 cm³/mol. The minimum Gasteiger partial charge on any atom is -0.192 e. The number of benzene rings is 1. The zero-order valence-electron chi connectivity index (χ0n) is 8.68. The Morgan fingerprint density at radius 3 is 2.31 bits per heavy atom. The topological polar surface area (TPSA) is 23.8 Å². The summed E-state index contributed by atoms with van der Waals surface area (Å²) in [4.78, 5) is 0. The second kappa shape index (κ2) is 3.22. The van der Waals surface area contributed by atoms with Crippen LogP contribution in [0.15, 0.2) is 18.2 Å². The van der Waals surface area contributed by atoms with Gasteiger partial charge in [0.2, 0.25) is 0 Å². The highest BCUT2D eigenvalue weighted by atomic mass is 14.3. The summed E-state index contributed by atoms with van der Waals surface area (Å²) in [5.74, 6) is 0. The SMILES string of the molecule is Cc1ccc(C(C)(C)C)c(C#N)c1. The maximum absolute atomic E-state index is 8.96. The molecule has 1 nitrogen and oxygen atoms in total. The van der Waals surface area contributed by atoms with Gasteiger partial charge < -0.3 is 0 Å². The van der Waals surface area contributed by atoms with Crippen LogP contribution in [0.5, 0.6) is 0 Å². The van der Waals surface area contributed by atoms with Gasteiger partial charge in [0.1, 0.15) is 0 Å². The highest BCUT2D eigenvalue weighted by Crippen LogP contribution is 2.25. The van der Waals surface area contributed by atoms with Crippen molar-refractivity contribution in [3.05, 3.63) is 34.9 Å². The lowest BCUT2D eigenvalue weighted by Crippen LogP contribution is -2.13. The van der Waals surface area contributed by atoms with Gasteiger partial charge >= 0.3 is 0 Å². The normalized spacial score (nSPS) is 11.0. The summed E-state index contributed by atoms with van der Waals surface area (Å²) >= 11 is 0. The first kappa shape index (κ1) is 9.80. The molecule has 0 saturated carbocycles. The van der Waals surface area contributed by atoms with E-state index in [2.05, 4.69) is 32.9 Å². The van der Waals surface area contributed by atoms with Gasteiger partial charge in [-0.05, 0) is 29.5 Å². The molecule has 13 heavy (non-hydrogen) atoms. The molecule has 0 unspecified atom stereocenters. The van der Waals surface area contributed by atoms with Crippen molar-refractivity contribution in [3.63, 3.8) is 0 Å². The Morgan fingerprint density at radius 2 is 1.85 bits per heavy atom. The average molecular weight is 173 g/mol. The molecule has 0 spiro atoms. The van der Waals surface area contributed by atoms with E-state index in [1.165, 1.54) is 0 Å². The summed E-state index contributed by atoms with van der Waals surface area (Å²) in [6.45, 7) is 8.38. The Balaban J connectivity index is 3.32. The summed E-state index contributed by atoms with van der Waals surface area (Å²) in [6.07, 6.45) is 0. The standard InChI is InChI=1S/C12H15N/c1-9-5-6-11(12(2,3)4)10(7-9)8-13/h5-7H,1-4H3. The molecule has 0 fully saturated rings. The van der Waals surface area contributed by atoms with Gasteiger partial charge in [-0.1, -0.05) is 32.9 Å². The molecule has 0 heterocycles. The van der Waals surface area contributed by atoms with Crippen molar-refractivity contribution in [2.75, 3.05) is 0 Å². The zero-order valence-corrected chi connectivity index (χ0v) is 8.68.